The van der Waals surface area contributed by atoms with Crippen LogP contribution in [0, 0.1) is 0 Å². The minimum Gasteiger partial charge on any atom is -0.370 e. The lowest BCUT2D eigenvalue weighted by Gasteiger charge is -2.20. The van der Waals surface area contributed by atoms with Crippen LogP contribution in [0.25, 0.3) is 0 Å². The fraction of sp³-hybridized carbons (Fsp3) is 0.500. The largest absolute Gasteiger partial charge is 0.370 e. The van der Waals surface area contributed by atoms with Gasteiger partial charge in [0, 0.05) is 6.04 Å². The molecule has 7 nitrogen and oxygen atoms in total. The van der Waals surface area contributed by atoms with Crippen LogP contribution in [-0.4, -0.2) is 29.5 Å². The van der Waals surface area contributed by atoms with Crippen molar-refractivity contribution in [3.63, 3.8) is 0 Å². The molecule has 1 saturated heterocycles. The van der Waals surface area contributed by atoms with Gasteiger partial charge >= 0.3 is 6.03 Å². The minimum atomic E-state index is -0.698. The van der Waals surface area contributed by atoms with E-state index in [1.165, 1.54) is 4.90 Å². The van der Waals surface area contributed by atoms with Gasteiger partial charge in [-0.25, -0.2) is 14.7 Å². The lowest BCUT2D eigenvalue weighted by Crippen LogP contribution is -2.44. The first-order valence-electron chi connectivity index (χ1n) is 8.73. The summed E-state index contributed by atoms with van der Waals surface area (Å²) in [5.41, 5.74) is 6.58. The van der Waals surface area contributed by atoms with Crippen LogP contribution in [0.3, 0.4) is 0 Å². The third-order valence-electron chi connectivity index (χ3n) is 4.66. The fourth-order valence-corrected chi connectivity index (χ4v) is 3.48. The molecule has 1 aromatic carbocycles. The molecule has 3 amide bonds. The number of hydrogen-bond donors (Lipinski definition) is 3. The number of anilines is 1. The molecule has 1 spiro atoms. The molecule has 7 heteroatoms. The van der Waals surface area contributed by atoms with E-state index in [0.29, 0.717) is 18.2 Å². The maximum Gasteiger partial charge on any atom is 0.329 e. The third kappa shape index (κ3) is 3.45. The van der Waals surface area contributed by atoms with Crippen molar-refractivity contribution in [2.24, 2.45) is 10.7 Å². The maximum absolute atomic E-state index is 12.8. The SMILES string of the molecule is CC(C)NC(N)=NCc1cccc(N2C(=O)NC3(CCCC3)C2=O)c1. The summed E-state index contributed by atoms with van der Waals surface area (Å²) in [6.07, 6.45) is 3.37. The number of carbonyl (C=O) groups is 2. The van der Waals surface area contributed by atoms with Gasteiger partial charge in [0.25, 0.3) is 5.91 Å². The predicted molar refractivity (Wildman–Crippen MR) is 97.3 cm³/mol. The van der Waals surface area contributed by atoms with Crippen LogP contribution in [0.15, 0.2) is 29.3 Å². The van der Waals surface area contributed by atoms with Crippen LogP contribution in [-0.2, 0) is 11.3 Å². The number of imide groups is 1. The molecular weight excluding hydrogens is 318 g/mol. The Bertz CT molecular complexity index is 707. The monoisotopic (exact) mass is 343 g/mol. The van der Waals surface area contributed by atoms with Gasteiger partial charge in [0.05, 0.1) is 12.2 Å². The Morgan fingerprint density at radius 1 is 1.36 bits per heavy atom. The van der Waals surface area contributed by atoms with Crippen LogP contribution >= 0.6 is 0 Å². The first-order chi connectivity index (χ1) is 11.9. The van der Waals surface area contributed by atoms with E-state index < -0.39 is 5.54 Å². The summed E-state index contributed by atoms with van der Waals surface area (Å²) in [4.78, 5) is 30.8. The molecule has 1 aromatic rings. The van der Waals surface area contributed by atoms with Crippen LogP contribution in [0.5, 0.6) is 0 Å². The number of carbonyl (C=O) groups excluding carboxylic acids is 2. The van der Waals surface area contributed by atoms with Crippen molar-refractivity contribution < 1.29 is 9.59 Å². The van der Waals surface area contributed by atoms with Crippen molar-refractivity contribution in [3.05, 3.63) is 29.8 Å². The van der Waals surface area contributed by atoms with E-state index in [4.69, 9.17) is 5.73 Å². The maximum atomic E-state index is 12.8. The number of amides is 3. The van der Waals surface area contributed by atoms with Gasteiger partial charge in [-0.3, -0.25) is 4.79 Å². The summed E-state index contributed by atoms with van der Waals surface area (Å²) in [5.74, 6) is 0.233. The van der Waals surface area contributed by atoms with Gasteiger partial charge in [0.15, 0.2) is 5.96 Å². The molecule has 1 aliphatic carbocycles. The summed E-state index contributed by atoms with van der Waals surface area (Å²) in [7, 11) is 0. The summed E-state index contributed by atoms with van der Waals surface area (Å²) in [6, 6.07) is 7.19. The van der Waals surface area contributed by atoms with Gasteiger partial charge in [-0.05, 0) is 44.4 Å². The molecule has 25 heavy (non-hydrogen) atoms. The zero-order valence-electron chi connectivity index (χ0n) is 14.7. The molecule has 2 aliphatic rings. The summed E-state index contributed by atoms with van der Waals surface area (Å²) in [6.45, 7) is 4.35. The van der Waals surface area contributed by atoms with Crippen LogP contribution in [0.1, 0.15) is 45.1 Å². The first-order valence-corrected chi connectivity index (χ1v) is 8.73. The number of guanidine groups is 1. The Balaban J connectivity index is 1.77. The van der Waals surface area contributed by atoms with E-state index in [1.54, 1.807) is 6.07 Å². The Hall–Kier alpha value is -2.57. The molecule has 1 heterocycles. The number of nitrogens with one attached hydrogen (secondary N) is 2. The van der Waals surface area contributed by atoms with Crippen molar-refractivity contribution in [2.45, 2.75) is 57.7 Å². The molecular formula is C18H25N5O2. The number of benzene rings is 1. The second-order valence-corrected chi connectivity index (χ2v) is 7.03. The van der Waals surface area contributed by atoms with Gasteiger partial charge in [0.1, 0.15) is 5.54 Å². The Morgan fingerprint density at radius 3 is 2.76 bits per heavy atom. The number of rotatable bonds is 4. The van der Waals surface area contributed by atoms with Crippen molar-refractivity contribution >= 4 is 23.6 Å². The lowest BCUT2D eigenvalue weighted by molar-refractivity contribution is -0.121. The number of nitrogens with two attached hydrogens (primary N) is 1. The quantitative estimate of drug-likeness (QED) is 0.441. The van der Waals surface area contributed by atoms with Gasteiger partial charge in [-0.2, -0.15) is 0 Å². The van der Waals surface area contributed by atoms with Crippen molar-refractivity contribution in [2.75, 3.05) is 4.90 Å². The molecule has 4 N–H and O–H groups in total. The Morgan fingerprint density at radius 2 is 2.08 bits per heavy atom. The highest BCUT2D eigenvalue weighted by molar-refractivity contribution is 6.23. The van der Waals surface area contributed by atoms with Gasteiger partial charge in [-0.15, -0.1) is 0 Å². The number of urea groups is 1. The van der Waals surface area contributed by atoms with Crippen LogP contribution < -0.4 is 21.3 Å². The highest BCUT2D eigenvalue weighted by Crippen LogP contribution is 2.37. The second-order valence-electron chi connectivity index (χ2n) is 7.03. The number of aliphatic imine (C=N–C) groups is 1. The summed E-state index contributed by atoms with van der Waals surface area (Å²) < 4.78 is 0. The summed E-state index contributed by atoms with van der Waals surface area (Å²) >= 11 is 0. The van der Waals surface area contributed by atoms with Gasteiger partial charge in [0.2, 0.25) is 0 Å². The second kappa shape index (κ2) is 6.74. The first kappa shape index (κ1) is 17.3. The van der Waals surface area contributed by atoms with Crippen LogP contribution in [0.4, 0.5) is 10.5 Å². The number of hydrogen-bond acceptors (Lipinski definition) is 3. The van der Waals surface area contributed by atoms with E-state index in [-0.39, 0.29) is 18.0 Å². The Labute approximate surface area is 147 Å². The van der Waals surface area contributed by atoms with E-state index in [1.807, 2.05) is 32.0 Å². The predicted octanol–water partition coefficient (Wildman–Crippen LogP) is 1.87. The molecule has 3 rings (SSSR count). The standard InChI is InChI=1S/C18H25N5O2/c1-12(2)21-16(19)20-11-13-6-5-7-14(10-13)23-15(24)18(22-17(23)25)8-3-4-9-18/h5-7,10,12H,3-4,8-9,11H2,1-2H3,(H,22,25)(H3,19,20,21). The highest BCUT2D eigenvalue weighted by atomic mass is 16.2. The van der Waals surface area contributed by atoms with E-state index in [0.717, 1.165) is 31.2 Å². The van der Waals surface area contributed by atoms with E-state index in [2.05, 4.69) is 15.6 Å². The fourth-order valence-electron chi connectivity index (χ4n) is 3.48. The average molecular weight is 343 g/mol. The highest BCUT2D eigenvalue weighted by Gasteiger charge is 2.52. The molecule has 0 unspecified atom stereocenters. The molecule has 0 aromatic heterocycles. The zero-order chi connectivity index (χ0) is 18.0. The molecule has 0 radical (unpaired) electrons. The average Bonchev–Trinajstić information content (AvgIpc) is 3.11. The molecule has 134 valence electrons. The molecule has 1 aliphatic heterocycles. The molecule has 0 bridgehead atoms. The normalized spacial score (nSPS) is 19.8. The number of nitrogens with zero attached hydrogens (tertiary/aromatic N) is 2. The van der Waals surface area contributed by atoms with Crippen molar-refractivity contribution in [3.8, 4) is 0 Å². The molecule has 1 saturated carbocycles. The molecule has 0 atom stereocenters. The van der Waals surface area contributed by atoms with E-state index in [9.17, 15) is 9.59 Å². The van der Waals surface area contributed by atoms with Gasteiger partial charge in [-0.1, -0.05) is 25.0 Å². The smallest absolute Gasteiger partial charge is 0.329 e. The topological polar surface area (TPSA) is 99.8 Å². The van der Waals surface area contributed by atoms with Crippen LogP contribution in [0.2, 0.25) is 0 Å². The lowest BCUT2D eigenvalue weighted by atomic mass is 9.98. The minimum absolute atomic E-state index is 0.142. The Kier molecular flexibility index (Phi) is 4.65. The zero-order valence-corrected chi connectivity index (χ0v) is 14.7. The third-order valence-corrected chi connectivity index (χ3v) is 4.66. The van der Waals surface area contributed by atoms with Gasteiger partial charge < -0.3 is 16.4 Å². The summed E-state index contributed by atoms with van der Waals surface area (Å²) in [5, 5.41) is 5.93. The van der Waals surface area contributed by atoms with Crippen molar-refractivity contribution in [1.82, 2.24) is 10.6 Å². The van der Waals surface area contributed by atoms with E-state index >= 15 is 0 Å². The molecule has 2 fully saturated rings. The van der Waals surface area contributed by atoms with Crippen molar-refractivity contribution in [1.29, 1.82) is 0 Å².